The lowest BCUT2D eigenvalue weighted by Crippen LogP contribution is -2.34. The van der Waals surface area contributed by atoms with E-state index in [1.165, 1.54) is 12.8 Å². The first-order chi connectivity index (χ1) is 7.56. The van der Waals surface area contributed by atoms with Crippen LogP contribution < -0.4 is 5.32 Å². The van der Waals surface area contributed by atoms with E-state index in [2.05, 4.69) is 35.0 Å². The summed E-state index contributed by atoms with van der Waals surface area (Å²) in [5.41, 5.74) is 1.23. The summed E-state index contributed by atoms with van der Waals surface area (Å²) in [5.74, 6) is -0.176. The van der Waals surface area contributed by atoms with E-state index >= 15 is 0 Å². The molecule has 0 unspecified atom stereocenters. The predicted molar refractivity (Wildman–Crippen MR) is 63.3 cm³/mol. The molecule has 2 N–H and O–H groups in total. The molecule has 0 amide bonds. The molecule has 4 heteroatoms. The number of methoxy groups -OCH3 is 1. The maximum absolute atomic E-state index is 10.9. The molecule has 0 spiro atoms. The number of aromatic nitrogens is 1. The van der Waals surface area contributed by atoms with E-state index in [-0.39, 0.29) is 11.4 Å². The summed E-state index contributed by atoms with van der Waals surface area (Å²) < 4.78 is 4.57. The van der Waals surface area contributed by atoms with Crippen molar-refractivity contribution in [1.82, 2.24) is 10.3 Å². The van der Waals surface area contributed by atoms with Crippen LogP contribution in [0.15, 0.2) is 18.3 Å². The Bertz CT molecular complexity index is 318. The van der Waals surface area contributed by atoms with Gasteiger partial charge in [0.1, 0.15) is 0 Å². The lowest BCUT2D eigenvalue weighted by Gasteiger charge is -2.23. The van der Waals surface area contributed by atoms with Gasteiger partial charge in [-0.15, -0.1) is 0 Å². The van der Waals surface area contributed by atoms with E-state index in [0.29, 0.717) is 13.0 Å². The SMILES string of the molecule is COC(=O)CCNCC(C)(C)c1ccc[nH]1. The molecule has 0 aliphatic carbocycles. The number of hydrogen-bond donors (Lipinski definition) is 2. The van der Waals surface area contributed by atoms with Gasteiger partial charge in [-0.1, -0.05) is 13.8 Å². The highest BCUT2D eigenvalue weighted by molar-refractivity contribution is 5.69. The van der Waals surface area contributed by atoms with E-state index in [4.69, 9.17) is 0 Å². The Morgan fingerprint density at radius 1 is 1.56 bits per heavy atom. The summed E-state index contributed by atoms with van der Waals surface area (Å²) in [6.07, 6.45) is 2.34. The quantitative estimate of drug-likeness (QED) is 0.568. The van der Waals surface area contributed by atoms with Crippen molar-refractivity contribution in [3.8, 4) is 0 Å². The van der Waals surface area contributed by atoms with Gasteiger partial charge in [0.2, 0.25) is 0 Å². The molecule has 1 rings (SSSR count). The number of nitrogens with one attached hydrogen (secondary N) is 2. The summed E-state index contributed by atoms with van der Waals surface area (Å²) >= 11 is 0. The summed E-state index contributed by atoms with van der Waals surface area (Å²) in [6, 6.07) is 4.06. The summed E-state index contributed by atoms with van der Waals surface area (Å²) in [7, 11) is 1.41. The van der Waals surface area contributed by atoms with Crippen LogP contribution in [0.25, 0.3) is 0 Å². The van der Waals surface area contributed by atoms with E-state index in [0.717, 1.165) is 6.54 Å². The number of H-pyrrole nitrogens is 1. The van der Waals surface area contributed by atoms with Crippen molar-refractivity contribution >= 4 is 5.97 Å². The average Bonchev–Trinajstić information content (AvgIpc) is 2.78. The highest BCUT2D eigenvalue weighted by Crippen LogP contribution is 2.19. The molecule has 4 nitrogen and oxygen atoms in total. The second-order valence-electron chi connectivity index (χ2n) is 4.47. The highest BCUT2D eigenvalue weighted by atomic mass is 16.5. The van der Waals surface area contributed by atoms with Crippen LogP contribution in [0.5, 0.6) is 0 Å². The molecule has 0 aliphatic rings. The van der Waals surface area contributed by atoms with Crippen molar-refractivity contribution in [2.45, 2.75) is 25.7 Å². The molecule has 1 aromatic rings. The Kier molecular flexibility index (Phi) is 4.55. The van der Waals surface area contributed by atoms with Gasteiger partial charge in [0.25, 0.3) is 0 Å². The van der Waals surface area contributed by atoms with Gasteiger partial charge in [-0.25, -0.2) is 0 Å². The van der Waals surface area contributed by atoms with Crippen LogP contribution in [0.3, 0.4) is 0 Å². The molecular formula is C12H20N2O2. The maximum Gasteiger partial charge on any atom is 0.306 e. The fraction of sp³-hybridized carbons (Fsp3) is 0.583. The minimum Gasteiger partial charge on any atom is -0.469 e. The maximum atomic E-state index is 10.9. The lowest BCUT2D eigenvalue weighted by molar-refractivity contribution is -0.140. The number of rotatable bonds is 6. The smallest absolute Gasteiger partial charge is 0.306 e. The standard InChI is InChI=1S/C12H20N2O2/c1-12(2,10-5-4-7-14-10)9-13-8-6-11(15)16-3/h4-5,7,13-14H,6,8-9H2,1-3H3. The average molecular weight is 224 g/mol. The zero-order valence-electron chi connectivity index (χ0n) is 10.2. The van der Waals surface area contributed by atoms with Crippen molar-refractivity contribution in [2.24, 2.45) is 0 Å². The highest BCUT2D eigenvalue weighted by Gasteiger charge is 2.20. The third-order valence-electron chi connectivity index (χ3n) is 2.63. The van der Waals surface area contributed by atoms with Gasteiger partial charge in [-0.2, -0.15) is 0 Å². The summed E-state index contributed by atoms with van der Waals surface area (Å²) in [4.78, 5) is 14.1. The topological polar surface area (TPSA) is 54.1 Å². The van der Waals surface area contributed by atoms with Crippen molar-refractivity contribution in [2.75, 3.05) is 20.2 Å². The second-order valence-corrected chi connectivity index (χ2v) is 4.47. The minimum absolute atomic E-state index is 0.0413. The molecule has 1 heterocycles. The molecule has 0 aromatic carbocycles. The fourth-order valence-electron chi connectivity index (χ4n) is 1.54. The van der Waals surface area contributed by atoms with Crippen LogP contribution in [0.4, 0.5) is 0 Å². The van der Waals surface area contributed by atoms with E-state index < -0.39 is 0 Å². The Morgan fingerprint density at radius 2 is 2.31 bits per heavy atom. The Labute approximate surface area is 96.4 Å². The lowest BCUT2D eigenvalue weighted by atomic mass is 9.89. The largest absolute Gasteiger partial charge is 0.469 e. The Hall–Kier alpha value is -1.29. The summed E-state index contributed by atoms with van der Waals surface area (Å²) in [5, 5.41) is 3.26. The molecule has 16 heavy (non-hydrogen) atoms. The van der Waals surface area contributed by atoms with Gasteiger partial charge in [0, 0.05) is 30.4 Å². The summed E-state index contributed by atoms with van der Waals surface area (Å²) in [6.45, 7) is 5.79. The monoisotopic (exact) mass is 224 g/mol. The molecule has 1 aromatic heterocycles. The van der Waals surface area contributed by atoms with Gasteiger partial charge in [0.15, 0.2) is 0 Å². The van der Waals surface area contributed by atoms with Crippen molar-refractivity contribution in [3.05, 3.63) is 24.0 Å². The number of esters is 1. The Morgan fingerprint density at radius 3 is 2.88 bits per heavy atom. The number of aromatic amines is 1. The van der Waals surface area contributed by atoms with Crippen molar-refractivity contribution in [1.29, 1.82) is 0 Å². The molecule has 0 saturated heterocycles. The zero-order chi connectivity index (χ0) is 12.0. The first kappa shape index (κ1) is 12.8. The number of carbonyl (C=O) groups is 1. The molecule has 0 atom stereocenters. The van der Waals surface area contributed by atoms with E-state index in [1.807, 2.05) is 12.3 Å². The molecule has 90 valence electrons. The van der Waals surface area contributed by atoms with Crippen LogP contribution in [-0.4, -0.2) is 31.2 Å². The number of carbonyl (C=O) groups excluding carboxylic acids is 1. The van der Waals surface area contributed by atoms with E-state index in [1.54, 1.807) is 0 Å². The van der Waals surface area contributed by atoms with Gasteiger partial charge in [-0.3, -0.25) is 4.79 Å². The fourth-order valence-corrected chi connectivity index (χ4v) is 1.54. The molecule has 0 saturated carbocycles. The van der Waals surface area contributed by atoms with Crippen molar-refractivity contribution in [3.63, 3.8) is 0 Å². The van der Waals surface area contributed by atoms with Crippen LogP contribution in [0.2, 0.25) is 0 Å². The van der Waals surface area contributed by atoms with E-state index in [9.17, 15) is 4.79 Å². The molecule has 0 bridgehead atoms. The first-order valence-electron chi connectivity index (χ1n) is 5.47. The minimum atomic E-state index is -0.176. The number of hydrogen-bond acceptors (Lipinski definition) is 3. The normalized spacial score (nSPS) is 11.4. The zero-order valence-corrected chi connectivity index (χ0v) is 10.2. The molecular weight excluding hydrogens is 204 g/mol. The van der Waals surface area contributed by atoms with Crippen LogP contribution in [-0.2, 0) is 14.9 Å². The van der Waals surface area contributed by atoms with Crippen LogP contribution in [0, 0.1) is 0 Å². The predicted octanol–water partition coefficient (Wildman–Crippen LogP) is 1.44. The van der Waals surface area contributed by atoms with Gasteiger partial charge < -0.3 is 15.0 Å². The third kappa shape index (κ3) is 3.70. The molecule has 0 radical (unpaired) electrons. The van der Waals surface area contributed by atoms with Gasteiger partial charge in [0.05, 0.1) is 13.5 Å². The van der Waals surface area contributed by atoms with Gasteiger partial charge in [-0.05, 0) is 12.1 Å². The first-order valence-corrected chi connectivity index (χ1v) is 5.47. The van der Waals surface area contributed by atoms with Gasteiger partial charge >= 0.3 is 5.97 Å². The molecule has 0 aliphatic heterocycles. The van der Waals surface area contributed by atoms with Crippen LogP contribution >= 0.6 is 0 Å². The third-order valence-corrected chi connectivity index (χ3v) is 2.63. The number of ether oxygens (including phenoxy) is 1. The van der Waals surface area contributed by atoms with Crippen molar-refractivity contribution < 1.29 is 9.53 Å². The Balaban J connectivity index is 2.29. The molecule has 0 fully saturated rings. The van der Waals surface area contributed by atoms with Crippen LogP contribution in [0.1, 0.15) is 26.0 Å². The second kappa shape index (κ2) is 5.70.